The summed E-state index contributed by atoms with van der Waals surface area (Å²) in [6.45, 7) is 3.64. The highest BCUT2D eigenvalue weighted by Gasteiger charge is 2.03. The van der Waals surface area contributed by atoms with Gasteiger partial charge in [0.25, 0.3) is 0 Å². The normalized spacial score (nSPS) is 10.5. The number of nitrogens with two attached hydrogens (primary N) is 1. The fraction of sp³-hybridized carbons (Fsp3) is 0.500. The van der Waals surface area contributed by atoms with Crippen LogP contribution in [-0.4, -0.2) is 37.8 Å². The van der Waals surface area contributed by atoms with Gasteiger partial charge < -0.3 is 16.4 Å². The molecule has 2 aromatic heterocycles. The fourth-order valence-corrected chi connectivity index (χ4v) is 1.70. The summed E-state index contributed by atoms with van der Waals surface area (Å²) in [6, 6.07) is 1.85. The molecule has 4 N–H and O–H groups in total. The van der Waals surface area contributed by atoms with Crippen LogP contribution < -0.4 is 16.4 Å². The summed E-state index contributed by atoms with van der Waals surface area (Å²) in [5, 5.41) is 10.6. The summed E-state index contributed by atoms with van der Waals surface area (Å²) in [7, 11) is 1.85. The van der Waals surface area contributed by atoms with E-state index in [0.717, 1.165) is 31.0 Å². The van der Waals surface area contributed by atoms with Gasteiger partial charge >= 0.3 is 0 Å². The van der Waals surface area contributed by atoms with Crippen molar-refractivity contribution in [3.05, 3.63) is 18.2 Å². The second kappa shape index (κ2) is 6.69. The largest absolute Gasteiger partial charge is 0.370 e. The van der Waals surface area contributed by atoms with Crippen molar-refractivity contribution in [3.8, 4) is 0 Å². The van der Waals surface area contributed by atoms with Gasteiger partial charge in [-0.3, -0.25) is 4.68 Å². The van der Waals surface area contributed by atoms with Crippen LogP contribution in [0.25, 0.3) is 0 Å². The van der Waals surface area contributed by atoms with E-state index in [-0.39, 0.29) is 5.95 Å². The molecule has 20 heavy (non-hydrogen) atoms. The Bertz CT molecular complexity index is 550. The highest BCUT2D eigenvalue weighted by Crippen LogP contribution is 2.12. The first-order chi connectivity index (χ1) is 9.67. The number of aromatic nitrogens is 5. The van der Waals surface area contributed by atoms with Crippen LogP contribution in [0.1, 0.15) is 19.2 Å². The van der Waals surface area contributed by atoms with Gasteiger partial charge in [-0.15, -0.1) is 0 Å². The van der Waals surface area contributed by atoms with Crippen LogP contribution in [-0.2, 0) is 13.5 Å². The molecule has 0 aromatic carbocycles. The minimum absolute atomic E-state index is 0.254. The molecule has 0 fully saturated rings. The van der Waals surface area contributed by atoms with Crippen LogP contribution >= 0.6 is 0 Å². The lowest BCUT2D eigenvalue weighted by molar-refractivity contribution is 0.742. The van der Waals surface area contributed by atoms with Crippen molar-refractivity contribution in [1.82, 2.24) is 24.7 Å². The molecule has 0 radical (unpaired) electrons. The first kappa shape index (κ1) is 14.0. The molecule has 0 amide bonds. The molecular weight excluding hydrogens is 256 g/mol. The van der Waals surface area contributed by atoms with Crippen molar-refractivity contribution >= 4 is 17.6 Å². The Balaban J connectivity index is 1.89. The van der Waals surface area contributed by atoms with E-state index >= 15 is 0 Å². The lowest BCUT2D eigenvalue weighted by Crippen LogP contribution is -2.11. The smallest absolute Gasteiger partial charge is 0.223 e. The molecule has 8 heteroatoms. The molecule has 0 atom stereocenters. The summed E-state index contributed by atoms with van der Waals surface area (Å²) in [5.41, 5.74) is 5.69. The number of rotatable bonds is 7. The zero-order chi connectivity index (χ0) is 14.4. The summed E-state index contributed by atoms with van der Waals surface area (Å²) in [5.74, 6) is 2.49. The van der Waals surface area contributed by atoms with E-state index in [9.17, 15) is 0 Å². The highest BCUT2D eigenvalue weighted by atomic mass is 15.3. The average Bonchev–Trinajstić information content (AvgIpc) is 2.81. The third-order valence-corrected chi connectivity index (χ3v) is 2.60. The number of hydrogen-bond donors (Lipinski definition) is 3. The molecule has 0 saturated carbocycles. The molecular formula is C12H20N8. The average molecular weight is 276 g/mol. The van der Waals surface area contributed by atoms with Gasteiger partial charge in [0.1, 0.15) is 18.0 Å². The Morgan fingerprint density at radius 1 is 1.20 bits per heavy atom. The summed E-state index contributed by atoms with van der Waals surface area (Å²) >= 11 is 0. The molecule has 2 rings (SSSR count). The molecule has 0 aliphatic rings. The maximum atomic E-state index is 5.69. The van der Waals surface area contributed by atoms with Crippen LogP contribution in [0, 0.1) is 0 Å². The summed E-state index contributed by atoms with van der Waals surface area (Å²) < 4.78 is 1.69. The number of hydrogen-bond acceptors (Lipinski definition) is 7. The molecule has 0 spiro atoms. The molecule has 108 valence electrons. The van der Waals surface area contributed by atoms with E-state index in [1.54, 1.807) is 11.0 Å². The number of anilines is 3. The van der Waals surface area contributed by atoms with Gasteiger partial charge in [-0.25, -0.2) is 4.98 Å². The number of nitrogens with one attached hydrogen (secondary N) is 2. The Kier molecular flexibility index (Phi) is 4.70. The summed E-state index contributed by atoms with van der Waals surface area (Å²) in [6.07, 6.45) is 3.44. The third kappa shape index (κ3) is 4.08. The van der Waals surface area contributed by atoms with Gasteiger partial charge in [-0.05, 0) is 6.42 Å². The Hall–Kier alpha value is -2.38. The lowest BCUT2D eigenvalue weighted by atomic mass is 10.4. The van der Waals surface area contributed by atoms with E-state index < -0.39 is 0 Å². The Morgan fingerprint density at radius 2 is 1.90 bits per heavy atom. The molecule has 0 saturated heterocycles. The van der Waals surface area contributed by atoms with Crippen LogP contribution in [0.2, 0.25) is 0 Å². The second-order valence-corrected chi connectivity index (χ2v) is 4.43. The zero-order valence-corrected chi connectivity index (χ0v) is 11.8. The van der Waals surface area contributed by atoms with Gasteiger partial charge in [0.2, 0.25) is 5.95 Å². The van der Waals surface area contributed by atoms with E-state index in [1.165, 1.54) is 0 Å². The monoisotopic (exact) mass is 276 g/mol. The maximum absolute atomic E-state index is 5.69. The van der Waals surface area contributed by atoms with Gasteiger partial charge in [-0.1, -0.05) is 6.92 Å². The Labute approximate surface area is 117 Å². The predicted molar refractivity (Wildman–Crippen MR) is 78.4 cm³/mol. The first-order valence-electron chi connectivity index (χ1n) is 6.64. The highest BCUT2D eigenvalue weighted by molar-refractivity contribution is 5.50. The quantitative estimate of drug-likeness (QED) is 0.682. The fourth-order valence-electron chi connectivity index (χ4n) is 1.70. The number of aryl methyl sites for hydroxylation is 1. The van der Waals surface area contributed by atoms with Crippen molar-refractivity contribution in [2.75, 3.05) is 29.5 Å². The SMILES string of the molecule is CCCNc1cc(NCCc2ncn(C)n2)nc(N)n1. The zero-order valence-electron chi connectivity index (χ0n) is 11.8. The molecule has 8 nitrogen and oxygen atoms in total. The topological polar surface area (TPSA) is 107 Å². The first-order valence-corrected chi connectivity index (χ1v) is 6.64. The van der Waals surface area contributed by atoms with Crippen LogP contribution in [0.4, 0.5) is 17.6 Å². The lowest BCUT2D eigenvalue weighted by Gasteiger charge is -2.08. The number of nitrogen functional groups attached to an aromatic ring is 1. The van der Waals surface area contributed by atoms with E-state index in [4.69, 9.17) is 5.73 Å². The molecule has 0 aliphatic carbocycles. The second-order valence-electron chi connectivity index (χ2n) is 4.43. The van der Waals surface area contributed by atoms with E-state index in [2.05, 4.69) is 37.6 Å². The van der Waals surface area contributed by atoms with E-state index in [1.807, 2.05) is 13.1 Å². The molecule has 2 aromatic rings. The van der Waals surface area contributed by atoms with Gasteiger partial charge in [-0.2, -0.15) is 15.1 Å². The van der Waals surface area contributed by atoms with Gasteiger partial charge in [0, 0.05) is 32.6 Å². The minimum Gasteiger partial charge on any atom is -0.370 e. The molecule has 2 heterocycles. The van der Waals surface area contributed by atoms with Gasteiger partial charge in [0.15, 0.2) is 5.82 Å². The Morgan fingerprint density at radius 3 is 2.50 bits per heavy atom. The molecule has 0 aliphatic heterocycles. The third-order valence-electron chi connectivity index (χ3n) is 2.60. The maximum Gasteiger partial charge on any atom is 0.223 e. The van der Waals surface area contributed by atoms with E-state index in [0.29, 0.717) is 12.4 Å². The summed E-state index contributed by atoms with van der Waals surface area (Å²) in [4.78, 5) is 12.4. The van der Waals surface area contributed by atoms with Crippen molar-refractivity contribution < 1.29 is 0 Å². The van der Waals surface area contributed by atoms with Crippen molar-refractivity contribution in [2.45, 2.75) is 19.8 Å². The van der Waals surface area contributed by atoms with Crippen LogP contribution in [0.15, 0.2) is 12.4 Å². The van der Waals surface area contributed by atoms with Crippen LogP contribution in [0.5, 0.6) is 0 Å². The van der Waals surface area contributed by atoms with Crippen molar-refractivity contribution in [3.63, 3.8) is 0 Å². The standard InChI is InChI=1S/C12H20N8/c1-3-5-14-10-7-11(18-12(13)17-10)15-6-4-9-16-8-20(2)19-9/h7-8H,3-6H2,1-2H3,(H4,13,14,15,17,18). The predicted octanol–water partition coefficient (Wildman–Crippen LogP) is 0.664. The van der Waals surface area contributed by atoms with Crippen molar-refractivity contribution in [2.24, 2.45) is 7.05 Å². The molecule has 0 bridgehead atoms. The van der Waals surface area contributed by atoms with Crippen molar-refractivity contribution in [1.29, 1.82) is 0 Å². The minimum atomic E-state index is 0.254. The van der Waals surface area contributed by atoms with Crippen LogP contribution in [0.3, 0.4) is 0 Å². The molecule has 0 unspecified atom stereocenters. The van der Waals surface area contributed by atoms with Gasteiger partial charge in [0.05, 0.1) is 0 Å². The number of nitrogens with zero attached hydrogens (tertiary/aromatic N) is 5.